The standard InChI is InChI=1S/C11H10N2O3/c14-11-15-6-8(16-11)5-13-7-12-9-3-1-2-4-10(9)13/h1-4,7-8H,5-6H2. The molecular weight excluding hydrogens is 208 g/mol. The van der Waals surface area contributed by atoms with Gasteiger partial charge >= 0.3 is 6.16 Å². The molecule has 0 spiro atoms. The molecule has 1 unspecified atom stereocenters. The van der Waals surface area contributed by atoms with Crippen molar-refractivity contribution < 1.29 is 14.3 Å². The Labute approximate surface area is 91.6 Å². The smallest absolute Gasteiger partial charge is 0.430 e. The Morgan fingerprint density at radius 2 is 2.31 bits per heavy atom. The lowest BCUT2D eigenvalue weighted by Gasteiger charge is -2.07. The lowest BCUT2D eigenvalue weighted by Crippen LogP contribution is -2.17. The molecule has 1 atom stereocenters. The van der Waals surface area contributed by atoms with Gasteiger partial charge in [0.05, 0.1) is 23.9 Å². The highest BCUT2D eigenvalue weighted by molar-refractivity contribution is 5.74. The Morgan fingerprint density at radius 1 is 1.44 bits per heavy atom. The topological polar surface area (TPSA) is 53.4 Å². The van der Waals surface area contributed by atoms with Gasteiger partial charge in [0, 0.05) is 0 Å². The highest BCUT2D eigenvalue weighted by atomic mass is 16.8. The number of aromatic nitrogens is 2. The fourth-order valence-electron chi connectivity index (χ4n) is 1.83. The zero-order chi connectivity index (χ0) is 11.0. The van der Waals surface area contributed by atoms with E-state index < -0.39 is 6.16 Å². The largest absolute Gasteiger partial charge is 0.508 e. The molecule has 1 aliphatic rings. The van der Waals surface area contributed by atoms with Crippen LogP contribution in [0.5, 0.6) is 0 Å². The van der Waals surface area contributed by atoms with Crippen molar-refractivity contribution in [3.8, 4) is 0 Å². The van der Waals surface area contributed by atoms with Crippen molar-refractivity contribution in [2.75, 3.05) is 6.61 Å². The Morgan fingerprint density at radius 3 is 3.12 bits per heavy atom. The number of para-hydroxylation sites is 2. The van der Waals surface area contributed by atoms with E-state index >= 15 is 0 Å². The van der Waals surface area contributed by atoms with E-state index in [0.717, 1.165) is 11.0 Å². The van der Waals surface area contributed by atoms with Crippen LogP contribution in [0.1, 0.15) is 0 Å². The number of hydrogen-bond acceptors (Lipinski definition) is 4. The Balaban J connectivity index is 1.86. The van der Waals surface area contributed by atoms with Crippen LogP contribution in [0.3, 0.4) is 0 Å². The minimum absolute atomic E-state index is 0.217. The van der Waals surface area contributed by atoms with Gasteiger partial charge in [0.2, 0.25) is 0 Å². The van der Waals surface area contributed by atoms with E-state index in [0.29, 0.717) is 13.2 Å². The monoisotopic (exact) mass is 218 g/mol. The molecule has 2 aromatic rings. The summed E-state index contributed by atoms with van der Waals surface area (Å²) in [7, 11) is 0. The molecule has 1 aromatic heterocycles. The number of rotatable bonds is 2. The van der Waals surface area contributed by atoms with Gasteiger partial charge in [0.1, 0.15) is 6.61 Å². The number of fused-ring (bicyclic) bond motifs is 1. The van der Waals surface area contributed by atoms with Gasteiger partial charge in [-0.05, 0) is 12.1 Å². The van der Waals surface area contributed by atoms with Crippen LogP contribution < -0.4 is 0 Å². The average Bonchev–Trinajstić information content (AvgIpc) is 2.87. The summed E-state index contributed by atoms with van der Waals surface area (Å²) in [5.41, 5.74) is 1.97. The van der Waals surface area contributed by atoms with Gasteiger partial charge < -0.3 is 14.0 Å². The van der Waals surface area contributed by atoms with Crippen LogP contribution in [0.4, 0.5) is 4.79 Å². The second-order valence-electron chi connectivity index (χ2n) is 3.69. The molecule has 0 N–H and O–H groups in total. The first kappa shape index (κ1) is 9.21. The molecule has 0 amide bonds. The molecule has 1 fully saturated rings. The minimum Gasteiger partial charge on any atom is -0.430 e. The Hall–Kier alpha value is -2.04. The fraction of sp³-hybridized carbons (Fsp3) is 0.273. The average molecular weight is 218 g/mol. The molecule has 5 heteroatoms. The molecule has 1 saturated heterocycles. The van der Waals surface area contributed by atoms with Gasteiger partial charge in [-0.2, -0.15) is 0 Å². The quantitative estimate of drug-likeness (QED) is 0.718. The number of ether oxygens (including phenoxy) is 2. The van der Waals surface area contributed by atoms with Crippen molar-refractivity contribution >= 4 is 17.2 Å². The number of carbonyl (C=O) groups excluding carboxylic acids is 1. The van der Waals surface area contributed by atoms with Crippen molar-refractivity contribution in [1.82, 2.24) is 9.55 Å². The van der Waals surface area contributed by atoms with E-state index in [-0.39, 0.29) is 6.10 Å². The van der Waals surface area contributed by atoms with Crippen LogP contribution in [-0.4, -0.2) is 28.4 Å². The van der Waals surface area contributed by atoms with E-state index in [1.165, 1.54) is 0 Å². The molecule has 0 aliphatic carbocycles. The third kappa shape index (κ3) is 1.50. The number of imidazole rings is 1. The van der Waals surface area contributed by atoms with E-state index in [1.54, 1.807) is 6.33 Å². The first-order chi connectivity index (χ1) is 7.83. The SMILES string of the molecule is O=C1OCC(Cn2cnc3ccccc32)O1. The van der Waals surface area contributed by atoms with Crippen LogP contribution in [0.25, 0.3) is 11.0 Å². The predicted octanol–water partition coefficient (Wildman–Crippen LogP) is 1.57. The molecular formula is C11H10N2O3. The van der Waals surface area contributed by atoms with E-state index in [2.05, 4.69) is 4.98 Å². The highest BCUT2D eigenvalue weighted by Crippen LogP contribution is 2.15. The fourth-order valence-corrected chi connectivity index (χ4v) is 1.83. The van der Waals surface area contributed by atoms with E-state index in [4.69, 9.17) is 9.47 Å². The van der Waals surface area contributed by atoms with Crippen molar-refractivity contribution in [2.24, 2.45) is 0 Å². The Kier molecular flexibility index (Phi) is 2.02. The van der Waals surface area contributed by atoms with Crippen molar-refractivity contribution in [3.63, 3.8) is 0 Å². The summed E-state index contributed by atoms with van der Waals surface area (Å²) in [4.78, 5) is 15.0. The minimum atomic E-state index is -0.588. The number of benzene rings is 1. The van der Waals surface area contributed by atoms with Gasteiger partial charge in [-0.1, -0.05) is 12.1 Å². The molecule has 1 aromatic carbocycles. The number of hydrogen-bond donors (Lipinski definition) is 0. The maximum atomic E-state index is 10.8. The molecule has 0 saturated carbocycles. The van der Waals surface area contributed by atoms with Gasteiger partial charge in [0.15, 0.2) is 6.10 Å². The van der Waals surface area contributed by atoms with Crippen molar-refractivity contribution in [3.05, 3.63) is 30.6 Å². The van der Waals surface area contributed by atoms with Crippen molar-refractivity contribution in [1.29, 1.82) is 0 Å². The van der Waals surface area contributed by atoms with Crippen LogP contribution in [-0.2, 0) is 16.0 Å². The normalized spacial score (nSPS) is 19.8. The zero-order valence-electron chi connectivity index (χ0n) is 8.50. The second kappa shape index (κ2) is 3.52. The lowest BCUT2D eigenvalue weighted by molar-refractivity contribution is 0.114. The summed E-state index contributed by atoms with van der Waals surface area (Å²) in [6.07, 6.45) is 0.941. The third-order valence-corrected chi connectivity index (χ3v) is 2.58. The number of carbonyl (C=O) groups is 1. The number of cyclic esters (lactones) is 2. The molecule has 1 aliphatic heterocycles. The van der Waals surface area contributed by atoms with Gasteiger partial charge in [-0.25, -0.2) is 9.78 Å². The van der Waals surface area contributed by atoms with Gasteiger partial charge in [-0.3, -0.25) is 0 Å². The van der Waals surface area contributed by atoms with Gasteiger partial charge in [0.25, 0.3) is 0 Å². The summed E-state index contributed by atoms with van der Waals surface area (Å²) in [6, 6.07) is 7.83. The number of nitrogens with zero attached hydrogens (tertiary/aromatic N) is 2. The van der Waals surface area contributed by atoms with Gasteiger partial charge in [-0.15, -0.1) is 0 Å². The Bertz CT molecular complexity index is 535. The highest BCUT2D eigenvalue weighted by Gasteiger charge is 2.25. The predicted molar refractivity (Wildman–Crippen MR) is 56.0 cm³/mol. The summed E-state index contributed by atoms with van der Waals surface area (Å²) in [6.45, 7) is 0.887. The summed E-state index contributed by atoms with van der Waals surface area (Å²) >= 11 is 0. The van der Waals surface area contributed by atoms with E-state index in [9.17, 15) is 4.79 Å². The van der Waals surface area contributed by atoms with Crippen molar-refractivity contribution in [2.45, 2.75) is 12.6 Å². The van der Waals surface area contributed by atoms with Crippen LogP contribution >= 0.6 is 0 Å². The molecule has 0 bridgehead atoms. The van der Waals surface area contributed by atoms with Crippen LogP contribution in [0.15, 0.2) is 30.6 Å². The zero-order valence-corrected chi connectivity index (χ0v) is 8.50. The maximum absolute atomic E-state index is 10.8. The third-order valence-electron chi connectivity index (χ3n) is 2.58. The van der Waals surface area contributed by atoms with Crippen LogP contribution in [0.2, 0.25) is 0 Å². The molecule has 2 heterocycles. The van der Waals surface area contributed by atoms with Crippen LogP contribution in [0, 0.1) is 0 Å². The maximum Gasteiger partial charge on any atom is 0.508 e. The molecule has 16 heavy (non-hydrogen) atoms. The first-order valence-corrected chi connectivity index (χ1v) is 5.06. The molecule has 5 nitrogen and oxygen atoms in total. The summed E-state index contributed by atoms with van der Waals surface area (Å²) in [5, 5.41) is 0. The summed E-state index contributed by atoms with van der Waals surface area (Å²) < 4.78 is 11.7. The molecule has 82 valence electrons. The molecule has 3 rings (SSSR count). The summed E-state index contributed by atoms with van der Waals surface area (Å²) in [5.74, 6) is 0. The second-order valence-corrected chi connectivity index (χ2v) is 3.69. The molecule has 0 radical (unpaired) electrons. The van der Waals surface area contributed by atoms with E-state index in [1.807, 2.05) is 28.8 Å². The first-order valence-electron chi connectivity index (χ1n) is 5.06. The lowest BCUT2D eigenvalue weighted by atomic mass is 10.3.